The van der Waals surface area contributed by atoms with E-state index in [1.54, 1.807) is 12.1 Å². The Morgan fingerprint density at radius 2 is 1.62 bits per heavy atom. The van der Waals surface area contributed by atoms with Crippen molar-refractivity contribution in [3.05, 3.63) is 95.2 Å². The number of hydrogen-bond acceptors (Lipinski definition) is 2. The number of hydrogen-bond donors (Lipinski definition) is 1. The fourth-order valence-electron chi connectivity index (χ4n) is 2.80. The Morgan fingerprint density at radius 1 is 0.923 bits per heavy atom. The smallest absolute Gasteiger partial charge is 0.267 e. The second kappa shape index (κ2) is 6.98. The van der Waals surface area contributed by atoms with Gasteiger partial charge in [0.2, 0.25) is 0 Å². The Kier molecular flexibility index (Phi) is 4.37. The third-order valence-electron chi connectivity index (χ3n) is 4.02. The zero-order chi connectivity index (χ0) is 17.9. The molecule has 2 heterocycles. The van der Waals surface area contributed by atoms with Gasteiger partial charge in [-0.3, -0.25) is 4.79 Å². The first-order chi connectivity index (χ1) is 12.7. The number of nitrogens with one attached hydrogen (secondary N) is 1. The summed E-state index contributed by atoms with van der Waals surface area (Å²) in [6.07, 6.45) is 3.84. The molecule has 1 N–H and O–H groups in total. The number of anilines is 1. The Hall–Kier alpha value is -3.18. The van der Waals surface area contributed by atoms with E-state index in [4.69, 9.17) is 0 Å². The third kappa shape index (κ3) is 3.17. The number of carbonyl (C=O) groups excluding carboxylic acids is 1. The van der Waals surface area contributed by atoms with E-state index in [1.807, 2.05) is 64.8 Å². The van der Waals surface area contributed by atoms with Crippen LogP contribution in [0.3, 0.4) is 0 Å². The molecule has 5 heteroatoms. The maximum absolute atomic E-state index is 13.1. The van der Waals surface area contributed by atoms with E-state index in [0.717, 1.165) is 16.8 Å². The Morgan fingerprint density at radius 3 is 2.31 bits per heavy atom. The van der Waals surface area contributed by atoms with Crippen molar-refractivity contribution in [2.45, 2.75) is 0 Å². The van der Waals surface area contributed by atoms with Gasteiger partial charge in [0.25, 0.3) is 5.91 Å². The van der Waals surface area contributed by atoms with Crippen LogP contribution in [0.2, 0.25) is 0 Å². The van der Waals surface area contributed by atoms with Crippen LogP contribution < -0.4 is 5.32 Å². The number of benzene rings is 2. The van der Waals surface area contributed by atoms with Gasteiger partial charge in [-0.05, 0) is 42.0 Å². The highest BCUT2D eigenvalue weighted by Gasteiger charge is 2.20. The molecule has 0 spiro atoms. The van der Waals surface area contributed by atoms with E-state index >= 15 is 0 Å². The van der Waals surface area contributed by atoms with E-state index in [1.165, 1.54) is 23.5 Å². The maximum Gasteiger partial charge on any atom is 0.267 e. The fourth-order valence-corrected chi connectivity index (χ4v) is 3.76. The summed E-state index contributed by atoms with van der Waals surface area (Å²) in [5.41, 5.74) is 3.44. The molecule has 0 aliphatic rings. The van der Waals surface area contributed by atoms with E-state index in [-0.39, 0.29) is 11.7 Å². The molecule has 0 radical (unpaired) electrons. The first-order valence-corrected chi connectivity index (χ1v) is 8.97. The van der Waals surface area contributed by atoms with Crippen molar-refractivity contribution in [2.75, 3.05) is 5.32 Å². The van der Waals surface area contributed by atoms with Crippen LogP contribution in [0.5, 0.6) is 0 Å². The van der Waals surface area contributed by atoms with Crippen molar-refractivity contribution in [3.8, 4) is 16.8 Å². The van der Waals surface area contributed by atoms with Crippen LogP contribution in [0.25, 0.3) is 16.8 Å². The van der Waals surface area contributed by atoms with Crippen molar-refractivity contribution in [3.63, 3.8) is 0 Å². The zero-order valence-electron chi connectivity index (χ0n) is 13.7. The van der Waals surface area contributed by atoms with Crippen molar-refractivity contribution in [2.24, 2.45) is 0 Å². The molecule has 128 valence electrons. The van der Waals surface area contributed by atoms with Gasteiger partial charge in [0, 0.05) is 29.0 Å². The molecule has 2 aromatic heterocycles. The fraction of sp³-hybridized carbons (Fsp3) is 0. The van der Waals surface area contributed by atoms with Crippen LogP contribution in [0, 0.1) is 5.82 Å². The normalized spacial score (nSPS) is 10.7. The molecule has 0 bridgehead atoms. The molecule has 26 heavy (non-hydrogen) atoms. The molecule has 4 rings (SSSR count). The molecular weight excluding hydrogens is 347 g/mol. The standard InChI is InChI=1S/C21H15FN2OS/c22-16-8-10-17(11-9-16)23-21(25)20-19(24-12-4-5-13-24)18(14-26-20)15-6-2-1-3-7-15/h1-14H,(H,23,25). The molecule has 0 unspecified atom stereocenters. The number of halogens is 1. The molecule has 4 aromatic rings. The maximum atomic E-state index is 13.1. The molecule has 0 fully saturated rings. The highest BCUT2D eigenvalue weighted by atomic mass is 32.1. The van der Waals surface area contributed by atoms with Crippen LogP contribution in [0.1, 0.15) is 9.67 Å². The summed E-state index contributed by atoms with van der Waals surface area (Å²) in [5, 5.41) is 4.83. The predicted molar refractivity (Wildman–Crippen MR) is 103 cm³/mol. The van der Waals surface area contributed by atoms with Gasteiger partial charge >= 0.3 is 0 Å². The van der Waals surface area contributed by atoms with Gasteiger partial charge < -0.3 is 9.88 Å². The molecular formula is C21H15FN2OS. The third-order valence-corrected chi connectivity index (χ3v) is 4.99. The van der Waals surface area contributed by atoms with E-state index in [0.29, 0.717) is 10.6 Å². The van der Waals surface area contributed by atoms with E-state index in [9.17, 15) is 9.18 Å². The molecule has 3 nitrogen and oxygen atoms in total. The van der Waals surface area contributed by atoms with Crippen LogP contribution in [-0.2, 0) is 0 Å². The second-order valence-electron chi connectivity index (χ2n) is 5.74. The molecule has 0 aliphatic heterocycles. The lowest BCUT2D eigenvalue weighted by molar-refractivity contribution is 0.103. The van der Waals surface area contributed by atoms with Crippen molar-refractivity contribution in [1.29, 1.82) is 0 Å². The lowest BCUT2D eigenvalue weighted by Gasteiger charge is -2.10. The Balaban J connectivity index is 1.75. The quantitative estimate of drug-likeness (QED) is 0.504. The monoisotopic (exact) mass is 362 g/mol. The molecule has 0 aliphatic carbocycles. The highest BCUT2D eigenvalue weighted by molar-refractivity contribution is 7.13. The lowest BCUT2D eigenvalue weighted by atomic mass is 10.1. The SMILES string of the molecule is O=C(Nc1ccc(F)cc1)c1scc(-c2ccccc2)c1-n1cccc1. The summed E-state index contributed by atoms with van der Waals surface area (Å²) in [6.45, 7) is 0. The number of nitrogens with zero attached hydrogens (tertiary/aromatic N) is 1. The largest absolute Gasteiger partial charge is 0.322 e. The topological polar surface area (TPSA) is 34.0 Å². The Labute approximate surface area is 154 Å². The molecule has 0 saturated heterocycles. The van der Waals surface area contributed by atoms with Crippen LogP contribution in [-0.4, -0.2) is 10.5 Å². The highest BCUT2D eigenvalue weighted by Crippen LogP contribution is 2.35. The van der Waals surface area contributed by atoms with Crippen molar-refractivity contribution in [1.82, 2.24) is 4.57 Å². The number of thiophene rings is 1. The number of carbonyl (C=O) groups is 1. The minimum atomic E-state index is -0.335. The summed E-state index contributed by atoms with van der Waals surface area (Å²) >= 11 is 1.39. The Bertz CT molecular complexity index is 1020. The van der Waals surface area contributed by atoms with Crippen molar-refractivity contribution >= 4 is 22.9 Å². The molecule has 2 aromatic carbocycles. The first-order valence-electron chi connectivity index (χ1n) is 8.09. The van der Waals surface area contributed by atoms with Gasteiger partial charge in [-0.1, -0.05) is 30.3 Å². The zero-order valence-corrected chi connectivity index (χ0v) is 14.5. The second-order valence-corrected chi connectivity index (χ2v) is 6.62. The van der Waals surface area contributed by atoms with E-state index in [2.05, 4.69) is 5.32 Å². The van der Waals surface area contributed by atoms with Crippen LogP contribution >= 0.6 is 11.3 Å². The van der Waals surface area contributed by atoms with Gasteiger partial charge in [0.05, 0.1) is 5.69 Å². The summed E-state index contributed by atoms with van der Waals surface area (Å²) < 4.78 is 15.0. The summed E-state index contributed by atoms with van der Waals surface area (Å²) in [5.74, 6) is -0.550. The average Bonchev–Trinajstić information content (AvgIpc) is 3.33. The molecule has 0 atom stereocenters. The minimum Gasteiger partial charge on any atom is -0.322 e. The van der Waals surface area contributed by atoms with Crippen molar-refractivity contribution < 1.29 is 9.18 Å². The van der Waals surface area contributed by atoms with Crippen LogP contribution in [0.4, 0.5) is 10.1 Å². The van der Waals surface area contributed by atoms with Gasteiger partial charge in [-0.25, -0.2) is 4.39 Å². The minimum absolute atomic E-state index is 0.215. The first kappa shape index (κ1) is 16.3. The summed E-state index contributed by atoms with van der Waals surface area (Å²) in [6, 6.07) is 19.6. The van der Waals surface area contributed by atoms with E-state index < -0.39 is 0 Å². The lowest BCUT2D eigenvalue weighted by Crippen LogP contribution is -2.12. The van der Waals surface area contributed by atoms with Crippen LogP contribution in [0.15, 0.2) is 84.5 Å². The van der Waals surface area contributed by atoms with Gasteiger partial charge in [-0.15, -0.1) is 11.3 Å². The average molecular weight is 362 g/mol. The van der Waals surface area contributed by atoms with Gasteiger partial charge in [0.15, 0.2) is 0 Å². The number of amides is 1. The molecule has 0 saturated carbocycles. The predicted octanol–water partition coefficient (Wildman–Crippen LogP) is 5.60. The summed E-state index contributed by atoms with van der Waals surface area (Å²) in [4.78, 5) is 13.5. The number of aromatic nitrogens is 1. The van der Waals surface area contributed by atoms with Gasteiger partial charge in [0.1, 0.15) is 10.7 Å². The summed E-state index contributed by atoms with van der Waals surface area (Å²) in [7, 11) is 0. The number of rotatable bonds is 4. The molecule has 1 amide bonds. The van der Waals surface area contributed by atoms with Gasteiger partial charge in [-0.2, -0.15) is 0 Å².